The molecule has 0 radical (unpaired) electrons. The number of benzene rings is 2. The number of carbonyl (C=O) groups is 2. The highest BCUT2D eigenvalue weighted by atomic mass is 16.5. The van der Waals surface area contributed by atoms with Gasteiger partial charge in [-0.3, -0.25) is 4.98 Å². The van der Waals surface area contributed by atoms with Crippen molar-refractivity contribution >= 4 is 12.4 Å². The molecule has 0 spiro atoms. The van der Waals surface area contributed by atoms with Crippen molar-refractivity contribution in [1.82, 2.24) is 10.3 Å². The lowest BCUT2D eigenvalue weighted by Gasteiger charge is -2.16. The van der Waals surface area contributed by atoms with E-state index in [4.69, 9.17) is 4.74 Å². The van der Waals surface area contributed by atoms with Crippen molar-refractivity contribution in [2.75, 3.05) is 6.61 Å². The number of nitrogens with one attached hydrogen (secondary N) is 1. The normalized spacial score (nSPS) is 13.3. The van der Waals surface area contributed by atoms with E-state index in [2.05, 4.69) is 34.6 Å². The van der Waals surface area contributed by atoms with Crippen LogP contribution in [0.3, 0.4) is 0 Å². The van der Waals surface area contributed by atoms with E-state index < -0.39 is 12.1 Å². The molecule has 1 heterocycles. The minimum Gasteiger partial charge on any atom is -0.449 e. The molecule has 1 N–H and O–H groups in total. The minimum atomic E-state index is -0.653. The first-order valence-corrected chi connectivity index (χ1v) is 9.22. The molecule has 1 aliphatic carbocycles. The zero-order valence-electron chi connectivity index (χ0n) is 15.2. The Balaban J connectivity index is 1.41. The highest BCUT2D eigenvalue weighted by molar-refractivity contribution is 5.79. The number of carbonyl (C=O) groups excluding carboxylic acids is 2. The third kappa shape index (κ3) is 3.64. The summed E-state index contributed by atoms with van der Waals surface area (Å²) in [6, 6.07) is 19.3. The van der Waals surface area contributed by atoms with Crippen molar-refractivity contribution in [3.05, 3.63) is 89.7 Å². The number of aldehydes is 1. The van der Waals surface area contributed by atoms with Crippen LogP contribution >= 0.6 is 0 Å². The lowest BCUT2D eigenvalue weighted by Crippen LogP contribution is -2.38. The molecule has 2 aromatic carbocycles. The monoisotopic (exact) mass is 372 g/mol. The number of alkyl carbamates (subject to hydrolysis) is 1. The van der Waals surface area contributed by atoms with E-state index in [1.165, 1.54) is 11.1 Å². The van der Waals surface area contributed by atoms with Crippen LogP contribution in [0, 0.1) is 0 Å². The Morgan fingerprint density at radius 1 is 1.04 bits per heavy atom. The number of hydrogen-bond acceptors (Lipinski definition) is 4. The molecule has 0 unspecified atom stereocenters. The molecule has 28 heavy (non-hydrogen) atoms. The Kier molecular flexibility index (Phi) is 5.15. The van der Waals surface area contributed by atoms with E-state index in [-0.39, 0.29) is 12.5 Å². The van der Waals surface area contributed by atoms with Gasteiger partial charge in [-0.05, 0) is 33.9 Å². The quantitative estimate of drug-likeness (QED) is 0.670. The highest BCUT2D eigenvalue weighted by Gasteiger charge is 2.29. The third-order valence-corrected chi connectivity index (χ3v) is 4.99. The molecule has 3 aromatic rings. The number of fused-ring (bicyclic) bond motifs is 3. The molecule has 4 rings (SSSR count). The second-order valence-electron chi connectivity index (χ2n) is 6.78. The maximum absolute atomic E-state index is 12.3. The molecular formula is C23H20N2O3. The van der Waals surface area contributed by atoms with Crippen molar-refractivity contribution in [3.8, 4) is 11.1 Å². The van der Waals surface area contributed by atoms with Crippen molar-refractivity contribution in [2.45, 2.75) is 18.4 Å². The van der Waals surface area contributed by atoms with E-state index >= 15 is 0 Å². The summed E-state index contributed by atoms with van der Waals surface area (Å²) in [4.78, 5) is 27.6. The predicted octanol–water partition coefficient (Wildman–Crippen LogP) is 3.73. The molecule has 1 aliphatic rings. The fourth-order valence-corrected chi connectivity index (χ4v) is 3.70. The van der Waals surface area contributed by atoms with Crippen LogP contribution in [-0.2, 0) is 16.0 Å². The Labute approximate surface area is 163 Å². The van der Waals surface area contributed by atoms with Gasteiger partial charge in [0.2, 0.25) is 0 Å². The van der Waals surface area contributed by atoms with Crippen LogP contribution < -0.4 is 5.32 Å². The number of hydrogen-bond donors (Lipinski definition) is 1. The van der Waals surface area contributed by atoms with Crippen LogP contribution in [0.2, 0.25) is 0 Å². The summed E-state index contributed by atoms with van der Waals surface area (Å²) in [5.41, 5.74) is 5.53. The minimum absolute atomic E-state index is 0.00819. The van der Waals surface area contributed by atoms with Crippen LogP contribution in [0.4, 0.5) is 4.79 Å². The molecule has 0 fully saturated rings. The molecule has 0 saturated heterocycles. The summed E-state index contributed by atoms with van der Waals surface area (Å²) in [6.45, 7) is 0.221. The first kappa shape index (κ1) is 17.9. The number of amides is 1. The first-order valence-electron chi connectivity index (χ1n) is 9.22. The molecule has 1 aromatic heterocycles. The van der Waals surface area contributed by atoms with Gasteiger partial charge in [-0.2, -0.15) is 0 Å². The van der Waals surface area contributed by atoms with Gasteiger partial charge in [-0.1, -0.05) is 54.6 Å². The van der Waals surface area contributed by atoms with E-state index in [1.807, 2.05) is 30.3 Å². The summed E-state index contributed by atoms with van der Waals surface area (Å²) in [5, 5.41) is 2.63. The van der Waals surface area contributed by atoms with E-state index in [0.717, 1.165) is 16.7 Å². The Bertz CT molecular complexity index is 942. The topological polar surface area (TPSA) is 68.3 Å². The van der Waals surface area contributed by atoms with Gasteiger partial charge in [-0.25, -0.2) is 4.79 Å². The molecule has 0 bridgehead atoms. The molecule has 5 nitrogen and oxygen atoms in total. The number of nitrogens with zero attached hydrogens (tertiary/aromatic N) is 1. The third-order valence-electron chi connectivity index (χ3n) is 4.99. The van der Waals surface area contributed by atoms with Crippen LogP contribution in [0.1, 0.15) is 22.6 Å². The van der Waals surface area contributed by atoms with Crippen LogP contribution in [0.5, 0.6) is 0 Å². The van der Waals surface area contributed by atoms with Gasteiger partial charge in [0.1, 0.15) is 12.9 Å². The standard InChI is InChI=1S/C23H20N2O3/c26-14-17(12-16-6-5-11-24-13-16)25-23(27)28-15-22-20-9-3-1-7-18(20)19-8-2-4-10-21(19)22/h1-11,13-14,17,22H,12,15H2,(H,25,27)/t17-/m0/s1. The molecule has 1 atom stereocenters. The Hall–Kier alpha value is -3.47. The zero-order chi connectivity index (χ0) is 19.3. The maximum Gasteiger partial charge on any atom is 0.407 e. The average molecular weight is 372 g/mol. The van der Waals surface area contributed by atoms with Crippen LogP contribution in [-0.4, -0.2) is 30.0 Å². The maximum atomic E-state index is 12.3. The zero-order valence-corrected chi connectivity index (χ0v) is 15.2. The van der Waals surface area contributed by atoms with Gasteiger partial charge in [-0.15, -0.1) is 0 Å². The molecule has 5 heteroatoms. The van der Waals surface area contributed by atoms with Crippen molar-refractivity contribution in [2.24, 2.45) is 0 Å². The fourth-order valence-electron chi connectivity index (χ4n) is 3.70. The van der Waals surface area contributed by atoms with Gasteiger partial charge in [0.15, 0.2) is 0 Å². The largest absolute Gasteiger partial charge is 0.449 e. The lowest BCUT2D eigenvalue weighted by atomic mass is 9.98. The van der Waals surface area contributed by atoms with E-state index in [0.29, 0.717) is 12.7 Å². The van der Waals surface area contributed by atoms with E-state index in [9.17, 15) is 9.59 Å². The summed E-state index contributed by atoms with van der Waals surface area (Å²) in [5.74, 6) is -0.00819. The average Bonchev–Trinajstić information content (AvgIpc) is 3.06. The molecule has 0 saturated carbocycles. The first-order chi connectivity index (χ1) is 13.8. The number of aromatic nitrogens is 1. The Morgan fingerprint density at radius 3 is 2.32 bits per heavy atom. The predicted molar refractivity (Wildman–Crippen MR) is 106 cm³/mol. The van der Waals surface area contributed by atoms with Crippen molar-refractivity contribution in [1.29, 1.82) is 0 Å². The van der Waals surface area contributed by atoms with Crippen molar-refractivity contribution in [3.63, 3.8) is 0 Å². The summed E-state index contributed by atoms with van der Waals surface area (Å²) < 4.78 is 5.49. The van der Waals surface area contributed by atoms with Gasteiger partial charge in [0.25, 0.3) is 0 Å². The number of pyridine rings is 1. The molecular weight excluding hydrogens is 352 g/mol. The van der Waals surface area contributed by atoms with Crippen LogP contribution in [0.25, 0.3) is 11.1 Å². The molecule has 0 aliphatic heterocycles. The molecule has 1 amide bonds. The van der Waals surface area contributed by atoms with Gasteiger partial charge in [0.05, 0.1) is 6.04 Å². The number of ether oxygens (including phenoxy) is 1. The second kappa shape index (κ2) is 8.05. The number of rotatable bonds is 6. The second-order valence-corrected chi connectivity index (χ2v) is 6.78. The molecule has 140 valence electrons. The summed E-state index contributed by atoms with van der Waals surface area (Å²) in [7, 11) is 0. The Morgan fingerprint density at radius 2 is 1.71 bits per heavy atom. The lowest BCUT2D eigenvalue weighted by molar-refractivity contribution is -0.109. The van der Waals surface area contributed by atoms with E-state index in [1.54, 1.807) is 18.5 Å². The summed E-state index contributed by atoms with van der Waals surface area (Å²) in [6.07, 6.45) is 3.84. The van der Waals surface area contributed by atoms with Crippen LogP contribution in [0.15, 0.2) is 73.1 Å². The van der Waals surface area contributed by atoms with Gasteiger partial charge in [0, 0.05) is 24.7 Å². The fraction of sp³-hybridized carbons (Fsp3) is 0.174. The van der Waals surface area contributed by atoms with Gasteiger partial charge < -0.3 is 14.8 Å². The summed E-state index contributed by atoms with van der Waals surface area (Å²) >= 11 is 0. The highest BCUT2D eigenvalue weighted by Crippen LogP contribution is 2.44. The smallest absolute Gasteiger partial charge is 0.407 e. The van der Waals surface area contributed by atoms with Gasteiger partial charge >= 0.3 is 6.09 Å². The van der Waals surface area contributed by atoms with Crippen molar-refractivity contribution < 1.29 is 14.3 Å². The SMILES string of the molecule is O=C[C@H](Cc1cccnc1)NC(=O)OCC1c2ccccc2-c2ccccc21.